The van der Waals surface area contributed by atoms with Crippen molar-refractivity contribution < 1.29 is 4.74 Å². The van der Waals surface area contributed by atoms with Crippen LogP contribution in [0.1, 0.15) is 47.7 Å². The minimum absolute atomic E-state index is 0.0388. The number of hydrogen-bond donors (Lipinski definition) is 1. The first-order valence-electron chi connectivity index (χ1n) is 11.4. The van der Waals surface area contributed by atoms with E-state index in [2.05, 4.69) is 103 Å². The van der Waals surface area contributed by atoms with Gasteiger partial charge in [0.1, 0.15) is 0 Å². The molecule has 1 N–H and O–H groups in total. The Bertz CT molecular complexity index is 1230. The Morgan fingerprint density at radius 3 is 1.94 bits per heavy atom. The molecule has 0 spiro atoms. The predicted molar refractivity (Wildman–Crippen MR) is 131 cm³/mol. The first-order chi connectivity index (χ1) is 15.5. The number of para-hydroxylation sites is 2. The second-order valence-corrected chi connectivity index (χ2v) is 8.69. The molecule has 4 heteroatoms. The van der Waals surface area contributed by atoms with Gasteiger partial charge in [0.15, 0.2) is 0 Å². The molecule has 4 rings (SSSR count). The molecule has 4 nitrogen and oxygen atoms in total. The molecule has 32 heavy (non-hydrogen) atoms. The molecular formula is C28H33N3O. The number of methoxy groups -OCH3 is 1. The summed E-state index contributed by atoms with van der Waals surface area (Å²) in [6, 6.07) is 25.9. The summed E-state index contributed by atoms with van der Waals surface area (Å²) < 4.78 is 9.99. The van der Waals surface area contributed by atoms with Gasteiger partial charge in [-0.25, -0.2) is 0 Å². The van der Waals surface area contributed by atoms with Gasteiger partial charge in [0.05, 0.1) is 29.7 Å². The maximum atomic E-state index is 9.28. The fourth-order valence-corrected chi connectivity index (χ4v) is 4.67. The van der Waals surface area contributed by atoms with Crippen LogP contribution in [-0.4, -0.2) is 22.9 Å². The Morgan fingerprint density at radius 1 is 0.812 bits per heavy atom. The summed E-state index contributed by atoms with van der Waals surface area (Å²) >= 11 is 0. The van der Waals surface area contributed by atoms with Gasteiger partial charge in [0.2, 0.25) is 5.62 Å². The molecule has 2 atom stereocenters. The van der Waals surface area contributed by atoms with E-state index in [0.29, 0.717) is 12.2 Å². The normalized spacial score (nSPS) is 13.4. The molecule has 1 heterocycles. The van der Waals surface area contributed by atoms with Crippen molar-refractivity contribution in [2.45, 2.75) is 45.7 Å². The average Bonchev–Trinajstić information content (AvgIpc) is 3.09. The Balaban J connectivity index is 1.86. The van der Waals surface area contributed by atoms with Gasteiger partial charge in [-0.05, 0) is 49.9 Å². The Kier molecular flexibility index (Phi) is 6.61. The van der Waals surface area contributed by atoms with Crippen LogP contribution < -0.4 is 5.62 Å². The van der Waals surface area contributed by atoms with Gasteiger partial charge in [-0.3, -0.25) is 5.41 Å². The maximum absolute atomic E-state index is 9.28. The highest BCUT2D eigenvalue weighted by molar-refractivity contribution is 5.76. The third-order valence-electron chi connectivity index (χ3n) is 6.33. The lowest BCUT2D eigenvalue weighted by molar-refractivity contribution is 0.154. The van der Waals surface area contributed by atoms with Crippen molar-refractivity contribution in [3.05, 3.63) is 101 Å². The molecule has 0 bridgehead atoms. The first kappa shape index (κ1) is 22.1. The van der Waals surface area contributed by atoms with Crippen molar-refractivity contribution >= 4 is 11.0 Å². The first-order valence-corrected chi connectivity index (χ1v) is 11.4. The molecule has 0 saturated heterocycles. The second kappa shape index (κ2) is 9.58. The van der Waals surface area contributed by atoms with E-state index in [9.17, 15) is 5.41 Å². The van der Waals surface area contributed by atoms with Crippen molar-refractivity contribution in [2.75, 3.05) is 13.7 Å². The van der Waals surface area contributed by atoms with Crippen molar-refractivity contribution in [1.82, 2.24) is 9.13 Å². The molecular weight excluding hydrogens is 394 g/mol. The summed E-state index contributed by atoms with van der Waals surface area (Å²) in [6.45, 7) is 6.97. The molecule has 0 aliphatic rings. The van der Waals surface area contributed by atoms with Gasteiger partial charge in [-0.2, -0.15) is 0 Å². The highest BCUT2D eigenvalue weighted by Gasteiger charge is 2.23. The zero-order valence-corrected chi connectivity index (χ0v) is 19.5. The van der Waals surface area contributed by atoms with E-state index in [4.69, 9.17) is 4.74 Å². The van der Waals surface area contributed by atoms with E-state index in [0.717, 1.165) is 23.9 Å². The minimum Gasteiger partial charge on any atom is -0.383 e. The smallest absolute Gasteiger partial charge is 0.203 e. The third-order valence-corrected chi connectivity index (χ3v) is 6.33. The molecule has 0 fully saturated rings. The van der Waals surface area contributed by atoms with E-state index < -0.39 is 0 Å². The molecule has 2 unspecified atom stereocenters. The van der Waals surface area contributed by atoms with E-state index in [-0.39, 0.29) is 12.1 Å². The summed E-state index contributed by atoms with van der Waals surface area (Å²) in [4.78, 5) is 0. The third kappa shape index (κ3) is 4.28. The summed E-state index contributed by atoms with van der Waals surface area (Å²) in [5.41, 5.74) is 7.69. The number of imidazole rings is 1. The Hall–Kier alpha value is -3.11. The van der Waals surface area contributed by atoms with Crippen LogP contribution in [0.5, 0.6) is 0 Å². The number of nitrogens with one attached hydrogen (secondary N) is 1. The Morgan fingerprint density at radius 2 is 1.38 bits per heavy atom. The van der Waals surface area contributed by atoms with Crippen LogP contribution in [0.2, 0.25) is 0 Å². The fraction of sp³-hybridized carbons (Fsp3) is 0.321. The highest BCUT2D eigenvalue weighted by atomic mass is 16.5. The molecule has 0 amide bonds. The molecule has 0 aliphatic heterocycles. The predicted octanol–water partition coefficient (Wildman–Crippen LogP) is 5.97. The van der Waals surface area contributed by atoms with Crippen LogP contribution in [0, 0.1) is 19.3 Å². The van der Waals surface area contributed by atoms with Crippen molar-refractivity contribution in [1.29, 1.82) is 5.41 Å². The van der Waals surface area contributed by atoms with Crippen molar-refractivity contribution in [3.63, 3.8) is 0 Å². The lowest BCUT2D eigenvalue weighted by Crippen LogP contribution is -2.32. The zero-order chi connectivity index (χ0) is 22.7. The molecule has 0 radical (unpaired) electrons. The molecule has 3 aromatic carbocycles. The maximum Gasteiger partial charge on any atom is 0.203 e. The van der Waals surface area contributed by atoms with Crippen LogP contribution >= 0.6 is 0 Å². The van der Waals surface area contributed by atoms with Crippen LogP contribution in [-0.2, 0) is 11.2 Å². The summed E-state index contributed by atoms with van der Waals surface area (Å²) in [7, 11) is 1.74. The standard InChI is InChI=1S/C28H33N3O/c1-5-25(23-16-12-21(3)13-17-23)31-27-9-7-6-8-26(27)30(28(31)29)24(19-32-4)18-22-14-10-20(2)11-15-22/h6-17,24-25,29H,5,18-19H2,1-4H3. The highest BCUT2D eigenvalue weighted by Crippen LogP contribution is 2.28. The Labute approximate surface area is 190 Å². The van der Waals surface area contributed by atoms with Crippen LogP contribution in [0.25, 0.3) is 11.0 Å². The topological polar surface area (TPSA) is 42.9 Å². The number of nitrogens with zero attached hydrogens (tertiary/aromatic N) is 2. The number of rotatable bonds is 8. The van der Waals surface area contributed by atoms with Crippen molar-refractivity contribution in [3.8, 4) is 0 Å². The molecule has 4 aromatic rings. The van der Waals surface area contributed by atoms with Crippen LogP contribution in [0.15, 0.2) is 72.8 Å². The number of benzene rings is 3. The second-order valence-electron chi connectivity index (χ2n) is 8.69. The molecule has 0 saturated carbocycles. The molecule has 166 valence electrons. The van der Waals surface area contributed by atoms with E-state index in [1.165, 1.54) is 22.3 Å². The average molecular weight is 428 g/mol. The number of ether oxygens (including phenoxy) is 1. The summed E-state index contributed by atoms with van der Waals surface area (Å²) in [6.07, 6.45) is 1.74. The van der Waals surface area contributed by atoms with Crippen LogP contribution in [0.4, 0.5) is 0 Å². The number of aryl methyl sites for hydroxylation is 2. The lowest BCUT2D eigenvalue weighted by atomic mass is 10.0. The SMILES string of the molecule is CCC(c1ccc(C)cc1)n1c(=N)n(C(COC)Cc2ccc(C)cc2)c2ccccc21. The minimum atomic E-state index is 0.0388. The fourth-order valence-electron chi connectivity index (χ4n) is 4.67. The monoisotopic (exact) mass is 427 g/mol. The zero-order valence-electron chi connectivity index (χ0n) is 19.5. The van der Waals surface area contributed by atoms with Crippen molar-refractivity contribution in [2.24, 2.45) is 0 Å². The van der Waals surface area contributed by atoms with Gasteiger partial charge in [0.25, 0.3) is 0 Å². The quantitative estimate of drug-likeness (QED) is 0.370. The summed E-state index contributed by atoms with van der Waals surface area (Å²) in [5, 5.41) is 9.28. The van der Waals surface area contributed by atoms with Gasteiger partial charge < -0.3 is 13.9 Å². The largest absolute Gasteiger partial charge is 0.383 e. The molecule has 1 aromatic heterocycles. The van der Waals surface area contributed by atoms with E-state index in [1.54, 1.807) is 7.11 Å². The van der Waals surface area contributed by atoms with Gasteiger partial charge in [-0.1, -0.05) is 78.7 Å². The van der Waals surface area contributed by atoms with Gasteiger partial charge in [0, 0.05) is 7.11 Å². The van der Waals surface area contributed by atoms with E-state index in [1.807, 2.05) is 0 Å². The molecule has 0 aliphatic carbocycles. The number of hydrogen-bond acceptors (Lipinski definition) is 2. The number of fused-ring (bicyclic) bond motifs is 1. The number of aromatic nitrogens is 2. The summed E-state index contributed by atoms with van der Waals surface area (Å²) in [5.74, 6) is 0. The van der Waals surface area contributed by atoms with E-state index >= 15 is 0 Å². The lowest BCUT2D eigenvalue weighted by Gasteiger charge is -2.21. The van der Waals surface area contributed by atoms with Crippen LogP contribution in [0.3, 0.4) is 0 Å². The van der Waals surface area contributed by atoms with Gasteiger partial charge >= 0.3 is 0 Å². The van der Waals surface area contributed by atoms with Gasteiger partial charge in [-0.15, -0.1) is 0 Å².